The van der Waals surface area contributed by atoms with E-state index >= 15 is 0 Å². The predicted molar refractivity (Wildman–Crippen MR) is 185 cm³/mol. The van der Waals surface area contributed by atoms with Crippen LogP contribution in [0.5, 0.6) is 0 Å². The molecule has 1 aromatic carbocycles. The van der Waals surface area contributed by atoms with Crippen molar-refractivity contribution in [3.8, 4) is 11.3 Å². The van der Waals surface area contributed by atoms with E-state index in [-0.39, 0.29) is 42.8 Å². The normalized spacial score (nSPS) is 17.9. The number of likely N-dealkylation sites (tertiary alicyclic amines) is 1. The quantitative estimate of drug-likeness (QED) is 0.172. The standard InChI is InChI=1S/C34H50N6O7S/c1-4-45-18-19-46-20-21-47-22-27(41)36-34-38-28(24-12-7-5-8-13-24)32(48-34)39-31(43)26-16-11-17-40(26)33(44)29(25-14-9-6-10-15-25)37-30(42)23(2)35-3/h5,7-8,12-13,23,25-26,29,35H,4,6,9-11,14-22H2,1-3H3,(H,37,42)(H,39,43)(H,36,38,41)/t23-,26-,29-/m0/s1. The van der Waals surface area contributed by atoms with Gasteiger partial charge in [0.1, 0.15) is 29.4 Å². The van der Waals surface area contributed by atoms with Crippen molar-refractivity contribution in [3.63, 3.8) is 0 Å². The highest BCUT2D eigenvalue weighted by molar-refractivity contribution is 7.20. The van der Waals surface area contributed by atoms with Crippen LogP contribution in [-0.4, -0.2) is 105 Å². The molecule has 14 heteroatoms. The molecule has 1 aromatic heterocycles. The molecular formula is C34H50N6O7S. The lowest BCUT2D eigenvalue weighted by atomic mass is 9.83. The zero-order valence-electron chi connectivity index (χ0n) is 28.3. The van der Waals surface area contributed by atoms with E-state index in [4.69, 9.17) is 14.2 Å². The minimum Gasteiger partial charge on any atom is -0.379 e. The van der Waals surface area contributed by atoms with Gasteiger partial charge >= 0.3 is 0 Å². The first kappa shape index (κ1) is 37.4. The smallest absolute Gasteiger partial charge is 0.252 e. The Kier molecular flexibility index (Phi) is 15.2. The molecule has 0 bridgehead atoms. The predicted octanol–water partition coefficient (Wildman–Crippen LogP) is 3.42. The first-order chi connectivity index (χ1) is 23.3. The monoisotopic (exact) mass is 686 g/mol. The molecule has 1 saturated carbocycles. The molecule has 4 amide bonds. The van der Waals surface area contributed by atoms with Gasteiger partial charge in [-0.2, -0.15) is 0 Å². The summed E-state index contributed by atoms with van der Waals surface area (Å²) in [6.07, 6.45) is 6.04. The van der Waals surface area contributed by atoms with Gasteiger partial charge in [-0.05, 0) is 52.5 Å². The van der Waals surface area contributed by atoms with Gasteiger partial charge in [0.25, 0.3) is 5.91 Å². The number of likely N-dealkylation sites (N-methyl/N-ethyl adjacent to an activating group) is 1. The summed E-state index contributed by atoms with van der Waals surface area (Å²) in [7, 11) is 1.71. The summed E-state index contributed by atoms with van der Waals surface area (Å²) in [6, 6.07) is 7.54. The van der Waals surface area contributed by atoms with Crippen molar-refractivity contribution >= 4 is 45.1 Å². The number of rotatable bonds is 18. The van der Waals surface area contributed by atoms with Gasteiger partial charge in [-0.1, -0.05) is 60.9 Å². The van der Waals surface area contributed by atoms with Crippen LogP contribution in [0.15, 0.2) is 30.3 Å². The van der Waals surface area contributed by atoms with Crippen molar-refractivity contribution in [1.29, 1.82) is 0 Å². The zero-order valence-corrected chi connectivity index (χ0v) is 29.1. The van der Waals surface area contributed by atoms with Crippen LogP contribution in [0.1, 0.15) is 58.8 Å². The fraction of sp³-hybridized carbons (Fsp3) is 0.618. The van der Waals surface area contributed by atoms with Crippen molar-refractivity contribution in [3.05, 3.63) is 30.3 Å². The minimum absolute atomic E-state index is 0.0258. The second-order valence-electron chi connectivity index (χ2n) is 12.0. The van der Waals surface area contributed by atoms with Crippen molar-refractivity contribution < 1.29 is 33.4 Å². The largest absolute Gasteiger partial charge is 0.379 e. The van der Waals surface area contributed by atoms with Crippen LogP contribution in [0.3, 0.4) is 0 Å². The Hall–Kier alpha value is -3.43. The van der Waals surface area contributed by atoms with Gasteiger partial charge < -0.3 is 35.1 Å². The molecule has 13 nitrogen and oxygen atoms in total. The van der Waals surface area contributed by atoms with Gasteiger partial charge in [0.05, 0.1) is 32.5 Å². The summed E-state index contributed by atoms with van der Waals surface area (Å²) in [5, 5.41) is 12.5. The molecule has 4 rings (SSSR count). The van der Waals surface area contributed by atoms with E-state index in [9.17, 15) is 19.2 Å². The number of hydrogen-bond donors (Lipinski definition) is 4. The third kappa shape index (κ3) is 10.8. The number of nitrogens with zero attached hydrogens (tertiary/aromatic N) is 2. The fourth-order valence-electron chi connectivity index (χ4n) is 5.99. The molecule has 1 aliphatic carbocycles. The molecule has 1 saturated heterocycles. The Balaban J connectivity index is 1.43. The van der Waals surface area contributed by atoms with Crippen LogP contribution in [0, 0.1) is 5.92 Å². The second-order valence-corrected chi connectivity index (χ2v) is 13.0. The average Bonchev–Trinajstić information content (AvgIpc) is 3.76. The van der Waals surface area contributed by atoms with E-state index in [0.717, 1.165) is 49.0 Å². The van der Waals surface area contributed by atoms with Gasteiger partial charge in [-0.3, -0.25) is 24.5 Å². The average molecular weight is 687 g/mol. The topological polar surface area (TPSA) is 160 Å². The van der Waals surface area contributed by atoms with Gasteiger partial charge in [-0.15, -0.1) is 0 Å². The number of hydrogen-bond acceptors (Lipinski definition) is 10. The summed E-state index contributed by atoms with van der Waals surface area (Å²) >= 11 is 1.14. The Morgan fingerprint density at radius 3 is 2.35 bits per heavy atom. The molecule has 2 fully saturated rings. The van der Waals surface area contributed by atoms with Gasteiger partial charge in [0.15, 0.2) is 5.13 Å². The maximum absolute atomic E-state index is 14.1. The lowest BCUT2D eigenvalue weighted by Crippen LogP contribution is -2.57. The van der Waals surface area contributed by atoms with Crippen LogP contribution in [0.4, 0.5) is 10.1 Å². The van der Waals surface area contributed by atoms with Crippen LogP contribution in [0.25, 0.3) is 11.3 Å². The second kappa shape index (κ2) is 19.5. The molecule has 1 aliphatic heterocycles. The lowest BCUT2D eigenvalue weighted by Gasteiger charge is -2.35. The van der Waals surface area contributed by atoms with E-state index in [1.54, 1.807) is 18.9 Å². The Bertz CT molecular complexity index is 1340. The molecule has 0 radical (unpaired) electrons. The highest BCUT2D eigenvalue weighted by atomic mass is 32.1. The van der Waals surface area contributed by atoms with Crippen LogP contribution >= 0.6 is 11.3 Å². The number of carbonyl (C=O) groups is 4. The minimum atomic E-state index is -0.699. The molecule has 3 atom stereocenters. The van der Waals surface area contributed by atoms with Gasteiger partial charge in [-0.25, -0.2) is 4.98 Å². The highest BCUT2D eigenvalue weighted by Crippen LogP contribution is 2.37. The summed E-state index contributed by atoms with van der Waals surface area (Å²) in [5.41, 5.74) is 1.28. The summed E-state index contributed by atoms with van der Waals surface area (Å²) in [4.78, 5) is 59.7. The van der Waals surface area contributed by atoms with Crippen molar-refractivity contribution in [2.24, 2.45) is 5.92 Å². The highest BCUT2D eigenvalue weighted by Gasteiger charge is 2.41. The Morgan fingerprint density at radius 1 is 0.938 bits per heavy atom. The molecule has 2 aromatic rings. The maximum atomic E-state index is 14.1. The summed E-state index contributed by atoms with van der Waals surface area (Å²) < 4.78 is 16.0. The van der Waals surface area contributed by atoms with Gasteiger partial charge in [0, 0.05) is 18.7 Å². The number of amides is 4. The van der Waals surface area contributed by atoms with Crippen LogP contribution < -0.4 is 21.3 Å². The number of carbonyl (C=O) groups excluding carboxylic acids is 4. The van der Waals surface area contributed by atoms with E-state index in [1.807, 2.05) is 37.3 Å². The molecule has 0 spiro atoms. The fourth-order valence-corrected chi connectivity index (χ4v) is 6.89. The Morgan fingerprint density at radius 2 is 1.65 bits per heavy atom. The molecule has 2 heterocycles. The number of aromatic nitrogens is 1. The van der Waals surface area contributed by atoms with Gasteiger partial charge in [0.2, 0.25) is 17.7 Å². The van der Waals surface area contributed by atoms with E-state index in [1.165, 1.54) is 0 Å². The molecular weight excluding hydrogens is 636 g/mol. The third-order valence-corrected chi connectivity index (χ3v) is 9.57. The molecule has 264 valence electrons. The Labute approximate surface area is 286 Å². The van der Waals surface area contributed by atoms with Crippen molar-refractivity contribution in [1.82, 2.24) is 20.5 Å². The van der Waals surface area contributed by atoms with E-state index in [0.29, 0.717) is 61.6 Å². The number of anilines is 2. The van der Waals surface area contributed by atoms with Crippen molar-refractivity contribution in [2.75, 3.05) is 63.9 Å². The van der Waals surface area contributed by atoms with Crippen LogP contribution in [0.2, 0.25) is 0 Å². The first-order valence-electron chi connectivity index (χ1n) is 17.0. The van der Waals surface area contributed by atoms with Crippen LogP contribution in [-0.2, 0) is 33.4 Å². The van der Waals surface area contributed by atoms with E-state index < -0.39 is 18.1 Å². The summed E-state index contributed by atoms with van der Waals surface area (Å²) in [5.74, 6) is -1.13. The number of ether oxygens (including phenoxy) is 3. The number of thiazole rings is 1. The SMILES string of the molecule is CCOCCOCCOCC(=O)Nc1nc(-c2ccccc2)c(NC(=O)[C@@H]2CCCN2C(=O)[C@@H](NC(=O)[C@H](C)NC)C2CCCCC2)s1. The number of nitrogens with one attached hydrogen (secondary N) is 4. The molecule has 2 aliphatic rings. The molecule has 48 heavy (non-hydrogen) atoms. The van der Waals surface area contributed by atoms with Crippen molar-refractivity contribution in [2.45, 2.75) is 76.9 Å². The van der Waals surface area contributed by atoms with E-state index in [2.05, 4.69) is 26.3 Å². The zero-order chi connectivity index (χ0) is 34.3. The lowest BCUT2D eigenvalue weighted by molar-refractivity contribution is -0.142. The summed E-state index contributed by atoms with van der Waals surface area (Å²) in [6.45, 7) is 6.13. The molecule has 0 unspecified atom stereocenters. The molecule has 4 N–H and O–H groups in total. The third-order valence-electron chi connectivity index (χ3n) is 8.69. The first-order valence-corrected chi connectivity index (χ1v) is 17.8. The maximum Gasteiger partial charge on any atom is 0.252 e. The number of benzene rings is 1.